The molecule has 9 aliphatic carbocycles. The first-order valence-electron chi connectivity index (χ1n) is 16.3. The maximum absolute atomic E-state index is 14.6. The van der Waals surface area contributed by atoms with Crippen LogP contribution in [0.3, 0.4) is 0 Å². The predicted molar refractivity (Wildman–Crippen MR) is 149 cm³/mol. The quantitative estimate of drug-likeness (QED) is 0.361. The molecule has 0 aromatic carbocycles. The summed E-state index contributed by atoms with van der Waals surface area (Å²) in [4.78, 5) is 30.1. The van der Waals surface area contributed by atoms with Crippen molar-refractivity contribution in [1.82, 2.24) is 4.90 Å². The van der Waals surface area contributed by atoms with E-state index in [1.807, 2.05) is 0 Å². The van der Waals surface area contributed by atoms with E-state index >= 15 is 0 Å². The Morgan fingerprint density at radius 1 is 0.711 bits per heavy atom. The molecule has 4 atom stereocenters. The summed E-state index contributed by atoms with van der Waals surface area (Å²) in [6.07, 6.45) is 19.4. The van der Waals surface area contributed by atoms with Crippen molar-refractivity contribution in [3.05, 3.63) is 0 Å². The van der Waals surface area contributed by atoms with Crippen LogP contribution in [0.2, 0.25) is 0 Å². The van der Waals surface area contributed by atoms with Crippen molar-refractivity contribution < 1.29 is 14.3 Å². The number of ether oxygens (including phenoxy) is 1. The Labute approximate surface area is 231 Å². The van der Waals surface area contributed by atoms with Crippen molar-refractivity contribution in [2.75, 3.05) is 14.2 Å². The molecule has 9 aliphatic rings. The molecule has 38 heavy (non-hydrogen) atoms. The first-order chi connectivity index (χ1) is 17.9. The fraction of sp³-hybridized carbons (Fsp3) is 0.941. The van der Waals surface area contributed by atoms with Crippen LogP contribution in [-0.4, -0.2) is 37.0 Å². The van der Waals surface area contributed by atoms with Gasteiger partial charge in [0.15, 0.2) is 0 Å². The standard InChI is InChI=1S/C34H53NO3/c1-30(2,3)26-6-8-27(9-7-26)35(4)28(36)31-12-22-10-23(13-31)17-33(16-22,20-31)34-18-24-11-25(19-34)15-32(14-24,21-34)29(37)38-5/h22-27H,6-21H2,1-5H3. The highest BCUT2D eigenvalue weighted by atomic mass is 16.5. The molecule has 9 fully saturated rings. The maximum atomic E-state index is 14.6. The molecule has 1 amide bonds. The number of hydrogen-bond donors (Lipinski definition) is 0. The Bertz CT molecular complexity index is 972. The van der Waals surface area contributed by atoms with Gasteiger partial charge in [0.2, 0.25) is 5.91 Å². The number of carbonyl (C=O) groups excluding carboxylic acids is 2. The molecular formula is C34H53NO3. The molecule has 0 spiro atoms. The van der Waals surface area contributed by atoms with E-state index in [-0.39, 0.29) is 27.6 Å². The van der Waals surface area contributed by atoms with Crippen molar-refractivity contribution >= 4 is 11.9 Å². The van der Waals surface area contributed by atoms with Crippen molar-refractivity contribution in [3.8, 4) is 0 Å². The summed E-state index contributed by atoms with van der Waals surface area (Å²) in [7, 11) is 3.77. The van der Waals surface area contributed by atoms with E-state index in [1.54, 1.807) is 7.11 Å². The maximum Gasteiger partial charge on any atom is 0.311 e. The van der Waals surface area contributed by atoms with Crippen molar-refractivity contribution in [1.29, 1.82) is 0 Å². The SMILES string of the molecule is COC(=O)C12CC3CC(C1)CC(C14CC5CC(CC(C(=O)N(C)C6CCC(C(C)(C)C)CC6)(C5)C1)C4)(C3)C2. The van der Waals surface area contributed by atoms with E-state index in [0.29, 0.717) is 41.0 Å². The van der Waals surface area contributed by atoms with Crippen LogP contribution in [0.15, 0.2) is 0 Å². The molecule has 9 rings (SSSR count). The topological polar surface area (TPSA) is 46.6 Å². The third kappa shape index (κ3) is 3.59. The summed E-state index contributed by atoms with van der Waals surface area (Å²) in [5.41, 5.74) is 0.537. The first kappa shape index (κ1) is 25.9. The Morgan fingerprint density at radius 3 is 1.61 bits per heavy atom. The number of amides is 1. The first-order valence-corrected chi connectivity index (χ1v) is 16.3. The van der Waals surface area contributed by atoms with Gasteiger partial charge in [-0.25, -0.2) is 0 Å². The Morgan fingerprint density at radius 2 is 1.16 bits per heavy atom. The lowest BCUT2D eigenvalue weighted by atomic mass is 9.31. The van der Waals surface area contributed by atoms with Gasteiger partial charge in [-0.1, -0.05) is 20.8 Å². The molecule has 8 bridgehead atoms. The molecule has 0 heterocycles. The van der Waals surface area contributed by atoms with Crippen LogP contribution in [0.5, 0.6) is 0 Å². The smallest absolute Gasteiger partial charge is 0.311 e. The lowest BCUT2D eigenvalue weighted by Crippen LogP contribution is -2.67. The van der Waals surface area contributed by atoms with Crippen LogP contribution >= 0.6 is 0 Å². The minimum absolute atomic E-state index is 0.0806. The van der Waals surface area contributed by atoms with Crippen LogP contribution in [0.4, 0.5) is 0 Å². The van der Waals surface area contributed by atoms with E-state index < -0.39 is 0 Å². The van der Waals surface area contributed by atoms with Crippen LogP contribution < -0.4 is 0 Å². The predicted octanol–water partition coefficient (Wildman–Crippen LogP) is 7.40. The fourth-order valence-electron chi connectivity index (χ4n) is 13.3. The summed E-state index contributed by atoms with van der Waals surface area (Å²) in [5.74, 6) is 4.17. The molecule has 0 N–H and O–H groups in total. The molecule has 4 unspecified atom stereocenters. The molecule has 4 nitrogen and oxygen atoms in total. The Balaban J connectivity index is 1.17. The van der Waals surface area contributed by atoms with Gasteiger partial charge in [-0.3, -0.25) is 9.59 Å². The van der Waals surface area contributed by atoms with Gasteiger partial charge >= 0.3 is 5.97 Å². The summed E-state index contributed by atoms with van der Waals surface area (Å²) >= 11 is 0. The molecule has 0 saturated heterocycles. The van der Waals surface area contributed by atoms with Crippen LogP contribution in [0.1, 0.15) is 124 Å². The molecule has 9 saturated carbocycles. The minimum atomic E-state index is -0.234. The van der Waals surface area contributed by atoms with Gasteiger partial charge in [0.25, 0.3) is 0 Å². The van der Waals surface area contributed by atoms with Gasteiger partial charge in [-0.05, 0) is 149 Å². The number of methoxy groups -OCH3 is 1. The van der Waals surface area contributed by atoms with Gasteiger partial charge in [-0.2, -0.15) is 0 Å². The number of nitrogens with zero attached hydrogens (tertiary/aromatic N) is 1. The second kappa shape index (κ2) is 8.25. The van der Waals surface area contributed by atoms with Crippen LogP contribution in [-0.2, 0) is 14.3 Å². The average molecular weight is 524 g/mol. The summed E-state index contributed by atoms with van der Waals surface area (Å²) in [6.45, 7) is 7.16. The van der Waals surface area contributed by atoms with E-state index in [0.717, 1.165) is 44.4 Å². The molecule has 4 heteroatoms. The third-order valence-electron chi connectivity index (χ3n) is 14.1. The highest BCUT2D eigenvalue weighted by Gasteiger charge is 2.72. The molecule has 212 valence electrons. The van der Waals surface area contributed by atoms with E-state index in [9.17, 15) is 9.59 Å². The van der Waals surface area contributed by atoms with E-state index in [2.05, 4.69) is 32.7 Å². The molecule has 0 aromatic rings. The summed E-state index contributed by atoms with van der Waals surface area (Å²) < 4.78 is 5.48. The largest absolute Gasteiger partial charge is 0.469 e. The molecule has 0 aromatic heterocycles. The zero-order chi connectivity index (χ0) is 26.7. The highest BCUT2D eigenvalue weighted by molar-refractivity contribution is 5.83. The van der Waals surface area contributed by atoms with Gasteiger partial charge in [-0.15, -0.1) is 0 Å². The molecule has 0 aliphatic heterocycles. The summed E-state index contributed by atoms with van der Waals surface area (Å²) in [5, 5.41) is 0. The number of esters is 1. The zero-order valence-corrected chi connectivity index (χ0v) is 24.9. The highest BCUT2D eigenvalue weighted by Crippen LogP contribution is 2.78. The van der Waals surface area contributed by atoms with Gasteiger partial charge in [0.05, 0.1) is 17.9 Å². The minimum Gasteiger partial charge on any atom is -0.469 e. The van der Waals surface area contributed by atoms with Gasteiger partial charge in [0.1, 0.15) is 0 Å². The average Bonchev–Trinajstić information content (AvgIpc) is 2.85. The fourth-order valence-corrected chi connectivity index (χ4v) is 13.3. The van der Waals surface area contributed by atoms with E-state index in [1.165, 1.54) is 64.2 Å². The van der Waals surface area contributed by atoms with Crippen molar-refractivity contribution in [3.63, 3.8) is 0 Å². The zero-order valence-electron chi connectivity index (χ0n) is 24.9. The molecule has 0 radical (unpaired) electrons. The normalized spacial score (nSPS) is 50.8. The third-order valence-corrected chi connectivity index (χ3v) is 14.1. The lowest BCUT2D eigenvalue weighted by Gasteiger charge is -2.73. The van der Waals surface area contributed by atoms with Gasteiger partial charge in [0, 0.05) is 13.1 Å². The number of carbonyl (C=O) groups is 2. The summed E-state index contributed by atoms with van der Waals surface area (Å²) in [6, 6.07) is 0.423. The van der Waals surface area contributed by atoms with Crippen molar-refractivity contribution in [2.24, 2.45) is 56.7 Å². The second-order valence-electron chi connectivity index (χ2n) is 17.3. The number of rotatable bonds is 4. The lowest BCUT2D eigenvalue weighted by molar-refractivity contribution is -0.241. The monoisotopic (exact) mass is 523 g/mol. The van der Waals surface area contributed by atoms with Crippen molar-refractivity contribution in [2.45, 2.75) is 130 Å². The molecular weight excluding hydrogens is 470 g/mol. The second-order valence-corrected chi connectivity index (χ2v) is 17.3. The Kier molecular flexibility index (Phi) is 5.62. The van der Waals surface area contributed by atoms with Gasteiger partial charge < -0.3 is 9.64 Å². The number of hydrogen-bond acceptors (Lipinski definition) is 3. The van der Waals surface area contributed by atoms with Crippen LogP contribution in [0, 0.1) is 56.7 Å². The van der Waals surface area contributed by atoms with Crippen LogP contribution in [0.25, 0.3) is 0 Å². The Hall–Kier alpha value is -1.06. The van der Waals surface area contributed by atoms with E-state index in [4.69, 9.17) is 4.74 Å².